The average molecular weight is 311 g/mol. The molecule has 0 atom stereocenters. The predicted octanol–water partition coefficient (Wildman–Crippen LogP) is 4.43. The van der Waals surface area contributed by atoms with Crippen molar-refractivity contribution in [2.45, 2.75) is 32.6 Å². The zero-order chi connectivity index (χ0) is 16.3. The van der Waals surface area contributed by atoms with E-state index in [1.807, 2.05) is 30.3 Å². The number of benzene rings is 2. The normalized spacial score (nSPS) is 10.3. The van der Waals surface area contributed by atoms with E-state index in [9.17, 15) is 4.79 Å². The van der Waals surface area contributed by atoms with Crippen LogP contribution in [-0.2, 0) is 4.79 Å². The molecule has 0 aliphatic rings. The van der Waals surface area contributed by atoms with E-state index in [4.69, 9.17) is 4.74 Å². The third-order valence-electron chi connectivity index (χ3n) is 3.63. The molecule has 0 aliphatic carbocycles. The number of nitrogens with one attached hydrogen (secondary N) is 1. The number of amides is 1. The Balaban J connectivity index is 1.69. The highest BCUT2D eigenvalue weighted by atomic mass is 16.5. The summed E-state index contributed by atoms with van der Waals surface area (Å²) in [5, 5.41) is 2.91. The minimum atomic E-state index is 0.112. The van der Waals surface area contributed by atoms with Gasteiger partial charge in [0, 0.05) is 13.0 Å². The monoisotopic (exact) mass is 311 g/mol. The van der Waals surface area contributed by atoms with Gasteiger partial charge in [0.05, 0.1) is 6.61 Å². The van der Waals surface area contributed by atoms with E-state index >= 15 is 0 Å². The molecular weight excluding hydrogens is 286 g/mol. The molecule has 2 aromatic rings. The second kappa shape index (κ2) is 9.67. The molecule has 1 amide bonds. The molecular formula is C20H25NO2. The van der Waals surface area contributed by atoms with Crippen molar-refractivity contribution in [1.29, 1.82) is 0 Å². The highest BCUT2D eigenvalue weighted by Crippen LogP contribution is 2.22. The van der Waals surface area contributed by atoms with Crippen LogP contribution in [0.1, 0.15) is 32.6 Å². The summed E-state index contributed by atoms with van der Waals surface area (Å²) < 4.78 is 5.69. The van der Waals surface area contributed by atoms with Crippen molar-refractivity contribution in [2.75, 3.05) is 13.2 Å². The van der Waals surface area contributed by atoms with Crippen LogP contribution in [0, 0.1) is 0 Å². The molecule has 1 N–H and O–H groups in total. The van der Waals surface area contributed by atoms with Crippen LogP contribution in [0.3, 0.4) is 0 Å². The Kier molecular flexibility index (Phi) is 7.18. The first-order valence-corrected chi connectivity index (χ1v) is 8.34. The predicted molar refractivity (Wildman–Crippen MR) is 94.5 cm³/mol. The van der Waals surface area contributed by atoms with E-state index in [-0.39, 0.29) is 5.91 Å². The van der Waals surface area contributed by atoms with Gasteiger partial charge < -0.3 is 10.1 Å². The van der Waals surface area contributed by atoms with E-state index in [0.29, 0.717) is 13.0 Å². The fourth-order valence-electron chi connectivity index (χ4n) is 2.29. The molecule has 23 heavy (non-hydrogen) atoms. The lowest BCUT2D eigenvalue weighted by molar-refractivity contribution is -0.121. The molecule has 0 unspecified atom stereocenters. The van der Waals surface area contributed by atoms with Crippen molar-refractivity contribution in [3.05, 3.63) is 54.6 Å². The standard InChI is InChI=1S/C20H25NO2/c1-2-3-15-21-20(22)10-7-16-23-19-13-11-18(12-14-19)17-8-5-4-6-9-17/h4-6,8-9,11-14H,2-3,7,10,15-16H2,1H3,(H,21,22). The molecule has 3 nitrogen and oxygen atoms in total. The van der Waals surface area contributed by atoms with Crippen LogP contribution in [-0.4, -0.2) is 19.1 Å². The van der Waals surface area contributed by atoms with Crippen molar-refractivity contribution in [3.8, 4) is 16.9 Å². The summed E-state index contributed by atoms with van der Waals surface area (Å²) in [6.07, 6.45) is 3.39. The fourth-order valence-corrected chi connectivity index (χ4v) is 2.29. The highest BCUT2D eigenvalue weighted by molar-refractivity contribution is 5.75. The van der Waals surface area contributed by atoms with E-state index in [2.05, 4.69) is 36.5 Å². The van der Waals surface area contributed by atoms with Crippen LogP contribution in [0.2, 0.25) is 0 Å². The summed E-state index contributed by atoms with van der Waals surface area (Å²) in [6, 6.07) is 18.3. The maximum atomic E-state index is 11.6. The van der Waals surface area contributed by atoms with Gasteiger partial charge in [-0.05, 0) is 36.1 Å². The molecule has 0 saturated carbocycles. The molecule has 122 valence electrons. The molecule has 2 aromatic carbocycles. The SMILES string of the molecule is CCCCNC(=O)CCCOc1ccc(-c2ccccc2)cc1. The summed E-state index contributed by atoms with van der Waals surface area (Å²) in [6.45, 7) is 3.45. The van der Waals surface area contributed by atoms with Gasteiger partial charge in [0.15, 0.2) is 0 Å². The summed E-state index contributed by atoms with van der Waals surface area (Å²) in [5.41, 5.74) is 2.37. The molecule has 0 fully saturated rings. The van der Waals surface area contributed by atoms with Gasteiger partial charge in [0.1, 0.15) is 5.75 Å². The van der Waals surface area contributed by atoms with Crippen molar-refractivity contribution in [1.82, 2.24) is 5.32 Å². The van der Waals surface area contributed by atoms with Crippen LogP contribution in [0.4, 0.5) is 0 Å². The van der Waals surface area contributed by atoms with E-state index < -0.39 is 0 Å². The molecule has 0 spiro atoms. The van der Waals surface area contributed by atoms with Gasteiger partial charge in [-0.25, -0.2) is 0 Å². The van der Waals surface area contributed by atoms with Gasteiger partial charge >= 0.3 is 0 Å². The van der Waals surface area contributed by atoms with Crippen molar-refractivity contribution in [3.63, 3.8) is 0 Å². The Morgan fingerprint density at radius 1 is 0.957 bits per heavy atom. The second-order valence-electron chi connectivity index (χ2n) is 5.55. The van der Waals surface area contributed by atoms with Crippen molar-refractivity contribution in [2.24, 2.45) is 0 Å². The molecule has 2 rings (SSSR count). The topological polar surface area (TPSA) is 38.3 Å². The zero-order valence-electron chi connectivity index (χ0n) is 13.8. The Bertz CT molecular complexity index is 578. The molecule has 0 aliphatic heterocycles. The number of hydrogen-bond acceptors (Lipinski definition) is 2. The third kappa shape index (κ3) is 6.15. The number of unbranched alkanes of at least 4 members (excludes halogenated alkanes) is 1. The van der Waals surface area contributed by atoms with Gasteiger partial charge in [0.25, 0.3) is 0 Å². The highest BCUT2D eigenvalue weighted by Gasteiger charge is 2.01. The first kappa shape index (κ1) is 17.1. The van der Waals surface area contributed by atoms with Crippen LogP contribution < -0.4 is 10.1 Å². The van der Waals surface area contributed by atoms with Crippen molar-refractivity contribution < 1.29 is 9.53 Å². The molecule has 0 aromatic heterocycles. The maximum Gasteiger partial charge on any atom is 0.220 e. The lowest BCUT2D eigenvalue weighted by Crippen LogP contribution is -2.24. The summed E-state index contributed by atoms with van der Waals surface area (Å²) in [7, 11) is 0. The first-order valence-electron chi connectivity index (χ1n) is 8.34. The molecule has 0 heterocycles. The molecule has 0 bridgehead atoms. The minimum absolute atomic E-state index is 0.112. The van der Waals surface area contributed by atoms with Gasteiger partial charge in [-0.2, -0.15) is 0 Å². The van der Waals surface area contributed by atoms with Gasteiger partial charge in [0.2, 0.25) is 5.91 Å². The van der Waals surface area contributed by atoms with E-state index in [1.165, 1.54) is 11.1 Å². The Labute approximate surface area is 138 Å². The van der Waals surface area contributed by atoms with Crippen LogP contribution in [0.25, 0.3) is 11.1 Å². The second-order valence-corrected chi connectivity index (χ2v) is 5.55. The van der Waals surface area contributed by atoms with Gasteiger partial charge in [-0.3, -0.25) is 4.79 Å². The van der Waals surface area contributed by atoms with E-state index in [0.717, 1.165) is 31.6 Å². The lowest BCUT2D eigenvalue weighted by atomic mass is 10.1. The van der Waals surface area contributed by atoms with E-state index in [1.54, 1.807) is 0 Å². The third-order valence-corrected chi connectivity index (χ3v) is 3.63. The molecule has 0 saturated heterocycles. The summed E-state index contributed by atoms with van der Waals surface area (Å²) in [5.74, 6) is 0.956. The maximum absolute atomic E-state index is 11.6. The van der Waals surface area contributed by atoms with Gasteiger partial charge in [-0.1, -0.05) is 55.8 Å². The smallest absolute Gasteiger partial charge is 0.220 e. The van der Waals surface area contributed by atoms with Crippen LogP contribution in [0.15, 0.2) is 54.6 Å². The average Bonchev–Trinajstić information content (AvgIpc) is 2.60. The zero-order valence-corrected chi connectivity index (χ0v) is 13.8. The Morgan fingerprint density at radius 2 is 1.65 bits per heavy atom. The number of carbonyl (C=O) groups excluding carboxylic acids is 1. The first-order chi connectivity index (χ1) is 11.3. The van der Waals surface area contributed by atoms with Crippen LogP contribution >= 0.6 is 0 Å². The Morgan fingerprint density at radius 3 is 2.35 bits per heavy atom. The van der Waals surface area contributed by atoms with Crippen LogP contribution in [0.5, 0.6) is 5.75 Å². The molecule has 0 radical (unpaired) electrons. The minimum Gasteiger partial charge on any atom is -0.494 e. The number of rotatable bonds is 9. The Hall–Kier alpha value is -2.29. The lowest BCUT2D eigenvalue weighted by Gasteiger charge is -2.08. The number of hydrogen-bond donors (Lipinski definition) is 1. The summed E-state index contributed by atoms with van der Waals surface area (Å²) >= 11 is 0. The number of ether oxygens (including phenoxy) is 1. The number of carbonyl (C=O) groups is 1. The van der Waals surface area contributed by atoms with Gasteiger partial charge in [-0.15, -0.1) is 0 Å². The fraction of sp³-hybridized carbons (Fsp3) is 0.350. The quantitative estimate of drug-likeness (QED) is 0.696. The largest absolute Gasteiger partial charge is 0.494 e. The van der Waals surface area contributed by atoms with Crippen molar-refractivity contribution >= 4 is 5.91 Å². The summed E-state index contributed by atoms with van der Waals surface area (Å²) in [4.78, 5) is 11.6. The molecule has 3 heteroatoms.